The number of nitrogens with one attached hydrogen (secondary N) is 1. The van der Waals surface area contributed by atoms with Gasteiger partial charge in [0, 0.05) is 37.3 Å². The van der Waals surface area contributed by atoms with Gasteiger partial charge in [0.1, 0.15) is 0 Å². The molecule has 2 heterocycles. The second kappa shape index (κ2) is 9.36. The molecule has 1 amide bonds. The largest absolute Gasteiger partial charge is 0.417 e. The van der Waals surface area contributed by atoms with Crippen LogP contribution in [-0.2, 0) is 16.4 Å². The molecule has 1 fully saturated rings. The van der Waals surface area contributed by atoms with Crippen molar-refractivity contribution in [2.24, 2.45) is 0 Å². The summed E-state index contributed by atoms with van der Waals surface area (Å²) in [5, 5.41) is 6.18. The van der Waals surface area contributed by atoms with Gasteiger partial charge in [-0.2, -0.15) is 18.2 Å². The second-order valence-electron chi connectivity index (χ2n) is 8.93. The van der Waals surface area contributed by atoms with Gasteiger partial charge in [-0.15, -0.1) is 0 Å². The molecule has 2 aromatic rings. The van der Waals surface area contributed by atoms with Crippen molar-refractivity contribution in [3.8, 4) is 0 Å². The van der Waals surface area contributed by atoms with Crippen molar-refractivity contribution in [1.82, 2.24) is 19.9 Å². The molecule has 0 spiro atoms. The minimum atomic E-state index is -4.59. The molecule has 1 atom stereocenters. The van der Waals surface area contributed by atoms with Crippen LogP contribution in [0, 0.1) is 0 Å². The van der Waals surface area contributed by atoms with Crippen molar-refractivity contribution in [3.63, 3.8) is 0 Å². The minimum Gasteiger partial charge on any atom is -0.338 e. The molecule has 3 rings (SSSR count). The molecule has 1 aliphatic heterocycles. The Labute approximate surface area is 189 Å². The van der Waals surface area contributed by atoms with E-state index < -0.39 is 16.8 Å². The summed E-state index contributed by atoms with van der Waals surface area (Å²) in [6, 6.07) is 3.27. The van der Waals surface area contributed by atoms with Gasteiger partial charge in [0.15, 0.2) is 5.82 Å². The van der Waals surface area contributed by atoms with Gasteiger partial charge >= 0.3 is 6.18 Å². The highest BCUT2D eigenvalue weighted by Crippen LogP contribution is 2.36. The van der Waals surface area contributed by atoms with Crippen molar-refractivity contribution >= 4 is 23.2 Å². The van der Waals surface area contributed by atoms with E-state index in [1.54, 1.807) is 0 Å². The molecular formula is C21H27ClF3N5O2. The van der Waals surface area contributed by atoms with E-state index in [2.05, 4.69) is 20.4 Å². The number of aromatic nitrogens is 2. The van der Waals surface area contributed by atoms with Gasteiger partial charge in [-0.25, -0.2) is 0 Å². The molecule has 1 N–H and O–H groups in total. The number of piperazine rings is 1. The van der Waals surface area contributed by atoms with Crippen LogP contribution >= 0.6 is 11.6 Å². The highest BCUT2D eigenvalue weighted by atomic mass is 35.5. The monoisotopic (exact) mass is 473 g/mol. The molecule has 0 bridgehead atoms. The lowest BCUT2D eigenvalue weighted by Crippen LogP contribution is -2.49. The Bertz CT molecular complexity index is 950. The Morgan fingerprint density at radius 2 is 1.88 bits per heavy atom. The lowest BCUT2D eigenvalue weighted by molar-refractivity contribution is -0.137. The third kappa shape index (κ3) is 5.99. The van der Waals surface area contributed by atoms with E-state index in [1.165, 1.54) is 6.07 Å². The number of rotatable bonds is 5. The average molecular weight is 474 g/mol. The summed E-state index contributed by atoms with van der Waals surface area (Å²) in [6.45, 7) is 10.8. The van der Waals surface area contributed by atoms with Gasteiger partial charge in [-0.05, 0) is 25.1 Å². The molecule has 0 saturated carbocycles. The fraction of sp³-hybridized carbons (Fsp3) is 0.571. The molecule has 176 valence electrons. The molecule has 1 aromatic carbocycles. The summed E-state index contributed by atoms with van der Waals surface area (Å²) < 4.78 is 44.4. The van der Waals surface area contributed by atoms with Crippen LogP contribution < -0.4 is 5.32 Å². The number of nitrogens with zero attached hydrogens (tertiary/aromatic N) is 4. The molecule has 32 heavy (non-hydrogen) atoms. The minimum absolute atomic E-state index is 0.0515. The Kier molecular flexibility index (Phi) is 7.16. The van der Waals surface area contributed by atoms with Gasteiger partial charge in [-0.1, -0.05) is 37.5 Å². The van der Waals surface area contributed by atoms with Crippen LogP contribution in [0.1, 0.15) is 51.0 Å². The quantitative estimate of drug-likeness (QED) is 0.695. The number of anilines is 1. The number of benzene rings is 1. The summed E-state index contributed by atoms with van der Waals surface area (Å²) in [7, 11) is 0. The van der Waals surface area contributed by atoms with Crippen LogP contribution in [0.15, 0.2) is 22.7 Å². The van der Waals surface area contributed by atoms with E-state index >= 15 is 0 Å². The van der Waals surface area contributed by atoms with Gasteiger partial charge in [-0.3, -0.25) is 14.6 Å². The first-order valence-corrected chi connectivity index (χ1v) is 10.7. The molecule has 11 heteroatoms. The summed E-state index contributed by atoms with van der Waals surface area (Å²) in [5.41, 5.74) is -1.11. The predicted octanol–water partition coefficient (Wildman–Crippen LogP) is 4.36. The van der Waals surface area contributed by atoms with E-state index in [4.69, 9.17) is 16.1 Å². The van der Waals surface area contributed by atoms with Crippen LogP contribution in [-0.4, -0.2) is 58.6 Å². The lowest BCUT2D eigenvalue weighted by atomic mass is 9.96. The Balaban J connectivity index is 1.52. The maximum atomic E-state index is 13.0. The summed E-state index contributed by atoms with van der Waals surface area (Å²) in [4.78, 5) is 21.0. The Hall–Kier alpha value is -2.17. The first kappa shape index (κ1) is 24.5. The van der Waals surface area contributed by atoms with E-state index in [0.29, 0.717) is 37.9 Å². The van der Waals surface area contributed by atoms with E-state index in [9.17, 15) is 18.0 Å². The van der Waals surface area contributed by atoms with Crippen molar-refractivity contribution in [2.45, 2.75) is 45.3 Å². The maximum Gasteiger partial charge on any atom is 0.417 e. The van der Waals surface area contributed by atoms with E-state index in [1.807, 2.05) is 32.6 Å². The molecule has 0 radical (unpaired) electrons. The number of amides is 1. The van der Waals surface area contributed by atoms with Gasteiger partial charge in [0.2, 0.25) is 11.8 Å². The first-order valence-electron chi connectivity index (χ1n) is 10.3. The number of alkyl halides is 3. The highest BCUT2D eigenvalue weighted by Gasteiger charge is 2.33. The fourth-order valence-corrected chi connectivity index (χ4v) is 3.62. The zero-order valence-corrected chi connectivity index (χ0v) is 19.2. The van der Waals surface area contributed by atoms with Crippen molar-refractivity contribution in [2.75, 3.05) is 38.0 Å². The Morgan fingerprint density at radius 1 is 1.22 bits per heavy atom. The molecule has 1 aromatic heterocycles. The number of carbonyl (C=O) groups excluding carboxylic acids is 1. The molecule has 1 aliphatic rings. The Morgan fingerprint density at radius 3 is 2.44 bits per heavy atom. The zero-order valence-electron chi connectivity index (χ0n) is 18.5. The van der Waals surface area contributed by atoms with E-state index in [0.717, 1.165) is 12.1 Å². The van der Waals surface area contributed by atoms with Crippen LogP contribution in [0.2, 0.25) is 5.02 Å². The van der Waals surface area contributed by atoms with Gasteiger partial charge in [0.25, 0.3) is 0 Å². The standard InChI is InChI=1S/C21H27ClF3N5O2/c1-13(18-27-19(28-32-18)20(2,3)4)30-9-7-29(8-10-30)12-17(31)26-14-5-6-16(22)15(11-14)21(23,24)25/h5-6,11,13H,7-10,12H2,1-4H3,(H,26,31). The SMILES string of the molecule is CC(c1nc(C(C)(C)C)no1)N1CCN(CC(=O)Nc2ccc(Cl)c(C(F)(F)F)c2)CC1. The van der Waals surface area contributed by atoms with Crippen molar-refractivity contribution in [1.29, 1.82) is 0 Å². The summed E-state index contributed by atoms with van der Waals surface area (Å²) in [6.07, 6.45) is -4.59. The van der Waals surface area contributed by atoms with Gasteiger partial charge < -0.3 is 9.84 Å². The van der Waals surface area contributed by atoms with Crippen LogP contribution in [0.4, 0.5) is 18.9 Å². The topological polar surface area (TPSA) is 74.5 Å². The second-order valence-corrected chi connectivity index (χ2v) is 9.34. The molecule has 7 nitrogen and oxygen atoms in total. The lowest BCUT2D eigenvalue weighted by Gasteiger charge is -2.36. The predicted molar refractivity (Wildman–Crippen MR) is 115 cm³/mol. The third-order valence-electron chi connectivity index (χ3n) is 5.35. The third-order valence-corrected chi connectivity index (χ3v) is 5.68. The highest BCUT2D eigenvalue weighted by molar-refractivity contribution is 6.31. The summed E-state index contributed by atoms with van der Waals surface area (Å²) in [5.74, 6) is 0.837. The zero-order chi connectivity index (χ0) is 23.7. The molecule has 0 aliphatic carbocycles. The maximum absolute atomic E-state index is 13.0. The number of carbonyl (C=O) groups is 1. The number of hydrogen-bond acceptors (Lipinski definition) is 6. The molecule has 1 saturated heterocycles. The van der Waals surface area contributed by atoms with Crippen LogP contribution in [0.3, 0.4) is 0 Å². The van der Waals surface area contributed by atoms with Crippen LogP contribution in [0.25, 0.3) is 0 Å². The van der Waals surface area contributed by atoms with Crippen molar-refractivity contribution in [3.05, 3.63) is 40.5 Å². The van der Waals surface area contributed by atoms with E-state index in [-0.39, 0.29) is 29.6 Å². The molecular weight excluding hydrogens is 447 g/mol. The first-order chi connectivity index (χ1) is 14.8. The number of halogens is 4. The average Bonchev–Trinajstić information content (AvgIpc) is 3.19. The van der Waals surface area contributed by atoms with Gasteiger partial charge in [0.05, 0.1) is 23.2 Å². The van der Waals surface area contributed by atoms with Crippen molar-refractivity contribution < 1.29 is 22.5 Å². The normalized spacial score (nSPS) is 17.4. The fourth-order valence-electron chi connectivity index (χ4n) is 3.40. The smallest absolute Gasteiger partial charge is 0.338 e. The number of hydrogen-bond donors (Lipinski definition) is 1. The van der Waals surface area contributed by atoms with Crippen LogP contribution in [0.5, 0.6) is 0 Å². The molecule has 1 unspecified atom stereocenters. The summed E-state index contributed by atoms with van der Waals surface area (Å²) >= 11 is 5.62.